The van der Waals surface area contributed by atoms with E-state index in [0.29, 0.717) is 5.92 Å². The molecule has 1 atom stereocenters. The van der Waals surface area contributed by atoms with E-state index < -0.39 is 6.10 Å². The van der Waals surface area contributed by atoms with E-state index in [-0.39, 0.29) is 6.54 Å². The number of aliphatic hydroxyl groups excluding tert-OH is 1. The van der Waals surface area contributed by atoms with Gasteiger partial charge in [0.15, 0.2) is 0 Å². The maximum absolute atomic E-state index is 9.67. The summed E-state index contributed by atoms with van der Waals surface area (Å²) in [6, 6.07) is 0. The van der Waals surface area contributed by atoms with Gasteiger partial charge in [-0.1, -0.05) is 0 Å². The summed E-state index contributed by atoms with van der Waals surface area (Å²) < 4.78 is 2.09. The molecule has 1 unspecified atom stereocenters. The van der Waals surface area contributed by atoms with Gasteiger partial charge in [-0.15, -0.1) is 0 Å². The van der Waals surface area contributed by atoms with Crippen LogP contribution < -0.4 is 5.73 Å². The number of hydrogen-bond acceptors (Lipinski definition) is 3. The van der Waals surface area contributed by atoms with Gasteiger partial charge in [-0.05, 0) is 19.8 Å². The van der Waals surface area contributed by atoms with E-state index in [0.717, 1.165) is 18.1 Å². The Balaban J connectivity index is 2.30. The lowest BCUT2D eigenvalue weighted by atomic mass is 10.2. The van der Waals surface area contributed by atoms with Gasteiger partial charge in [-0.3, -0.25) is 0 Å². The minimum absolute atomic E-state index is 0.260. The summed E-state index contributed by atoms with van der Waals surface area (Å²) in [5, 5.41) is 9.67. The van der Waals surface area contributed by atoms with Crippen molar-refractivity contribution >= 4 is 0 Å². The molecule has 0 aromatic carbocycles. The molecule has 4 heteroatoms. The average Bonchev–Trinajstić information content (AvgIpc) is 2.96. The van der Waals surface area contributed by atoms with Crippen LogP contribution in [0.1, 0.15) is 43.3 Å². The molecule has 1 aromatic rings. The molecular weight excluding hydrogens is 178 g/mol. The highest BCUT2D eigenvalue weighted by molar-refractivity contribution is 5.15. The van der Waals surface area contributed by atoms with E-state index in [1.54, 1.807) is 6.20 Å². The summed E-state index contributed by atoms with van der Waals surface area (Å²) in [5.41, 5.74) is 6.30. The van der Waals surface area contributed by atoms with Gasteiger partial charge in [0.2, 0.25) is 0 Å². The molecule has 0 saturated heterocycles. The Morgan fingerprint density at radius 2 is 2.43 bits per heavy atom. The van der Waals surface area contributed by atoms with Gasteiger partial charge in [0.25, 0.3) is 0 Å². The van der Waals surface area contributed by atoms with Gasteiger partial charge < -0.3 is 15.4 Å². The van der Waals surface area contributed by atoms with E-state index in [1.165, 1.54) is 12.8 Å². The molecule has 1 aromatic heterocycles. The first-order valence-electron chi connectivity index (χ1n) is 5.21. The molecule has 0 amide bonds. The topological polar surface area (TPSA) is 64.1 Å². The molecule has 1 saturated carbocycles. The summed E-state index contributed by atoms with van der Waals surface area (Å²) in [6.07, 6.45) is 3.65. The van der Waals surface area contributed by atoms with Crippen molar-refractivity contribution < 1.29 is 5.11 Å². The molecular formula is C10H17N3O. The number of imidazole rings is 1. The van der Waals surface area contributed by atoms with Crippen LogP contribution in [0.2, 0.25) is 0 Å². The molecule has 0 spiro atoms. The number of rotatable bonds is 4. The van der Waals surface area contributed by atoms with Crippen molar-refractivity contribution in [3.8, 4) is 0 Å². The van der Waals surface area contributed by atoms with Crippen LogP contribution >= 0.6 is 0 Å². The predicted molar refractivity (Wildman–Crippen MR) is 53.9 cm³/mol. The lowest BCUT2D eigenvalue weighted by Crippen LogP contribution is -2.16. The maximum Gasteiger partial charge on any atom is 0.112 e. The van der Waals surface area contributed by atoms with Crippen molar-refractivity contribution in [2.45, 2.75) is 38.3 Å². The van der Waals surface area contributed by atoms with Crippen molar-refractivity contribution in [3.05, 3.63) is 17.7 Å². The molecule has 1 heterocycles. The number of nitrogens with zero attached hydrogens (tertiary/aromatic N) is 2. The molecule has 0 bridgehead atoms. The Bertz CT molecular complexity index is 317. The summed E-state index contributed by atoms with van der Waals surface area (Å²) >= 11 is 0. The Morgan fingerprint density at radius 3 is 2.93 bits per heavy atom. The van der Waals surface area contributed by atoms with E-state index in [2.05, 4.69) is 16.5 Å². The van der Waals surface area contributed by atoms with Crippen molar-refractivity contribution in [3.63, 3.8) is 0 Å². The van der Waals surface area contributed by atoms with Crippen LogP contribution in [0.25, 0.3) is 0 Å². The average molecular weight is 195 g/mol. The van der Waals surface area contributed by atoms with Crippen molar-refractivity contribution in [2.24, 2.45) is 5.73 Å². The van der Waals surface area contributed by atoms with E-state index in [9.17, 15) is 5.11 Å². The smallest absolute Gasteiger partial charge is 0.112 e. The van der Waals surface area contributed by atoms with E-state index >= 15 is 0 Å². The molecule has 2 rings (SSSR count). The Morgan fingerprint density at radius 1 is 1.71 bits per heavy atom. The van der Waals surface area contributed by atoms with Crippen molar-refractivity contribution in [2.75, 3.05) is 6.54 Å². The third kappa shape index (κ3) is 1.55. The Kier molecular flexibility index (Phi) is 2.56. The number of hydrogen-bond donors (Lipinski definition) is 2. The predicted octanol–water partition coefficient (Wildman–Crippen LogP) is 0.772. The largest absolute Gasteiger partial charge is 0.385 e. The zero-order valence-corrected chi connectivity index (χ0v) is 8.48. The zero-order valence-electron chi connectivity index (χ0n) is 8.48. The summed E-state index contributed by atoms with van der Waals surface area (Å²) in [4.78, 5) is 4.37. The molecule has 1 aliphatic rings. The van der Waals surface area contributed by atoms with Crippen molar-refractivity contribution in [1.82, 2.24) is 9.55 Å². The van der Waals surface area contributed by atoms with Gasteiger partial charge in [0.1, 0.15) is 11.9 Å². The zero-order chi connectivity index (χ0) is 10.1. The number of aromatic nitrogens is 2. The highest BCUT2D eigenvalue weighted by Gasteiger charge is 2.29. The van der Waals surface area contributed by atoms with Gasteiger partial charge in [-0.25, -0.2) is 4.98 Å². The Hall–Kier alpha value is -0.870. The minimum Gasteiger partial charge on any atom is -0.385 e. The van der Waals surface area contributed by atoms with E-state index in [1.807, 2.05) is 0 Å². The van der Waals surface area contributed by atoms with Crippen LogP contribution in [0, 0.1) is 0 Å². The van der Waals surface area contributed by atoms with Crippen LogP contribution in [-0.2, 0) is 6.54 Å². The summed E-state index contributed by atoms with van der Waals surface area (Å²) in [5.74, 6) is 1.74. The summed E-state index contributed by atoms with van der Waals surface area (Å²) in [6.45, 7) is 3.19. The molecule has 3 N–H and O–H groups in total. The van der Waals surface area contributed by atoms with Crippen LogP contribution in [0.15, 0.2) is 6.20 Å². The van der Waals surface area contributed by atoms with Crippen molar-refractivity contribution in [1.29, 1.82) is 0 Å². The molecule has 14 heavy (non-hydrogen) atoms. The van der Waals surface area contributed by atoms with E-state index in [4.69, 9.17) is 5.73 Å². The quantitative estimate of drug-likeness (QED) is 0.746. The fourth-order valence-corrected chi connectivity index (χ4v) is 1.80. The number of aliphatic hydroxyl groups is 1. The molecule has 4 nitrogen and oxygen atoms in total. The third-order valence-electron chi connectivity index (χ3n) is 2.74. The van der Waals surface area contributed by atoms with Gasteiger partial charge in [0, 0.05) is 19.0 Å². The second-order valence-electron chi connectivity index (χ2n) is 3.81. The van der Waals surface area contributed by atoms with Crippen LogP contribution in [0.4, 0.5) is 0 Å². The second kappa shape index (κ2) is 3.71. The first-order chi connectivity index (χ1) is 6.77. The standard InChI is InChI=1S/C10H17N3O/c1-2-13-8(9(14)5-11)6-12-10(13)7-3-4-7/h6-7,9,14H,2-5,11H2,1H3. The minimum atomic E-state index is -0.574. The Labute approximate surface area is 83.8 Å². The summed E-state index contributed by atoms with van der Waals surface area (Å²) in [7, 11) is 0. The van der Waals surface area contributed by atoms with Crippen LogP contribution in [-0.4, -0.2) is 21.2 Å². The SMILES string of the molecule is CCn1c(C(O)CN)cnc1C1CC1. The lowest BCUT2D eigenvalue weighted by Gasteiger charge is -2.12. The first-order valence-corrected chi connectivity index (χ1v) is 5.21. The molecule has 1 fully saturated rings. The van der Waals surface area contributed by atoms with Crippen LogP contribution in [0.5, 0.6) is 0 Å². The second-order valence-corrected chi connectivity index (χ2v) is 3.81. The highest BCUT2D eigenvalue weighted by Crippen LogP contribution is 2.39. The fourth-order valence-electron chi connectivity index (χ4n) is 1.80. The van der Waals surface area contributed by atoms with Gasteiger partial charge in [0.05, 0.1) is 11.9 Å². The fraction of sp³-hybridized carbons (Fsp3) is 0.700. The monoisotopic (exact) mass is 195 g/mol. The third-order valence-corrected chi connectivity index (χ3v) is 2.74. The maximum atomic E-state index is 9.67. The molecule has 78 valence electrons. The molecule has 0 aliphatic heterocycles. The number of nitrogens with two attached hydrogens (primary N) is 1. The normalized spacial score (nSPS) is 18.5. The first kappa shape index (κ1) is 9.68. The lowest BCUT2D eigenvalue weighted by molar-refractivity contribution is 0.176. The molecule has 1 aliphatic carbocycles. The highest BCUT2D eigenvalue weighted by atomic mass is 16.3. The molecule has 0 radical (unpaired) electrons. The van der Waals surface area contributed by atoms with Gasteiger partial charge >= 0.3 is 0 Å². The van der Waals surface area contributed by atoms with Gasteiger partial charge in [-0.2, -0.15) is 0 Å². The van der Waals surface area contributed by atoms with Crippen LogP contribution in [0.3, 0.4) is 0 Å².